The van der Waals surface area contributed by atoms with E-state index in [-0.39, 0.29) is 34.1 Å². The van der Waals surface area contributed by atoms with Gasteiger partial charge in [-0.1, -0.05) is 30.1 Å². The van der Waals surface area contributed by atoms with Crippen LogP contribution in [0.1, 0.15) is 57.9 Å². The van der Waals surface area contributed by atoms with Crippen molar-refractivity contribution in [1.29, 1.82) is 0 Å². The lowest BCUT2D eigenvalue weighted by Crippen LogP contribution is -2.38. The van der Waals surface area contributed by atoms with Gasteiger partial charge in [0.05, 0.1) is 28.0 Å². The summed E-state index contributed by atoms with van der Waals surface area (Å²) in [5.74, 6) is 0.0497. The average Bonchev–Trinajstić information content (AvgIpc) is 3.39. The van der Waals surface area contributed by atoms with Gasteiger partial charge < -0.3 is 21.5 Å². The van der Waals surface area contributed by atoms with Crippen molar-refractivity contribution in [2.45, 2.75) is 70.1 Å². The Morgan fingerprint density at radius 2 is 1.89 bits per heavy atom. The first-order chi connectivity index (χ1) is 17.1. The van der Waals surface area contributed by atoms with E-state index in [0.29, 0.717) is 60.9 Å². The lowest BCUT2D eigenvalue weighted by atomic mass is 9.73. The van der Waals surface area contributed by atoms with Crippen LogP contribution in [0.15, 0.2) is 18.3 Å². The summed E-state index contributed by atoms with van der Waals surface area (Å²) in [6.07, 6.45) is 6.17. The molecule has 2 atom stereocenters. The molecule has 2 aliphatic rings. The van der Waals surface area contributed by atoms with Crippen molar-refractivity contribution in [2.24, 2.45) is 11.1 Å². The fraction of sp³-hybridized carbons (Fsp3) is 0.500. The number of nitrogens with one attached hydrogen (secondary N) is 2. The molecule has 0 spiro atoms. The number of amides is 1. The molecule has 0 saturated heterocycles. The number of primary amides is 1. The number of aromatic nitrogens is 4. The number of rotatable bonds is 6. The third kappa shape index (κ3) is 4.81. The van der Waals surface area contributed by atoms with E-state index in [4.69, 9.17) is 38.9 Å². The van der Waals surface area contributed by atoms with E-state index in [1.807, 2.05) is 11.5 Å². The molecule has 3 aromatic rings. The van der Waals surface area contributed by atoms with Gasteiger partial charge in [-0.05, 0) is 57.1 Å². The van der Waals surface area contributed by atoms with Crippen LogP contribution < -0.4 is 16.4 Å². The number of hydrogen-bond acceptors (Lipinski definition) is 7. The van der Waals surface area contributed by atoms with Crippen molar-refractivity contribution < 1.29 is 14.3 Å². The van der Waals surface area contributed by atoms with Gasteiger partial charge in [0, 0.05) is 17.5 Å². The minimum absolute atomic E-state index is 0.0287. The number of nitrogens with two attached hydrogens (primary N) is 1. The largest absolute Gasteiger partial charge is 0.393 e. The third-order valence-corrected chi connectivity index (χ3v) is 8.03. The van der Waals surface area contributed by atoms with Crippen LogP contribution in [-0.2, 0) is 4.79 Å². The molecule has 1 aromatic carbocycles. The number of fused-ring (bicyclic) bond motifs is 1. The Morgan fingerprint density at radius 3 is 2.50 bits per heavy atom. The average molecular weight is 536 g/mol. The molecular formula is C24H28Cl2FN7O2. The molecule has 2 saturated carbocycles. The Bertz CT molecular complexity index is 1290. The van der Waals surface area contributed by atoms with Gasteiger partial charge in [-0.15, -0.1) is 0 Å². The molecule has 2 fully saturated rings. The molecule has 36 heavy (non-hydrogen) atoms. The number of aliphatic hydroxyl groups excluding tert-OH is 1. The number of carbonyl (C=O) groups excluding carboxylic acids is 1. The Kier molecular flexibility index (Phi) is 6.69. The maximum absolute atomic E-state index is 13.8. The van der Waals surface area contributed by atoms with Crippen molar-refractivity contribution >= 4 is 57.9 Å². The van der Waals surface area contributed by atoms with Crippen molar-refractivity contribution in [3.05, 3.63) is 34.2 Å². The molecule has 2 aliphatic carbocycles. The van der Waals surface area contributed by atoms with E-state index in [2.05, 4.69) is 15.6 Å². The van der Waals surface area contributed by atoms with Crippen molar-refractivity contribution in [1.82, 2.24) is 19.5 Å². The number of nitrogens with zero attached hydrogens (tertiary/aromatic N) is 4. The molecule has 12 heteroatoms. The highest BCUT2D eigenvalue weighted by atomic mass is 35.5. The maximum atomic E-state index is 13.8. The van der Waals surface area contributed by atoms with Crippen molar-refractivity contribution in [2.75, 3.05) is 10.6 Å². The first-order valence-electron chi connectivity index (χ1n) is 12.0. The van der Waals surface area contributed by atoms with Gasteiger partial charge in [0.15, 0.2) is 5.65 Å². The smallest absolute Gasteiger partial charge is 0.224 e. The number of aliphatic hydroxyl groups is 1. The van der Waals surface area contributed by atoms with Gasteiger partial charge in [0.25, 0.3) is 0 Å². The van der Waals surface area contributed by atoms with Gasteiger partial charge in [0.2, 0.25) is 17.8 Å². The Hall–Kier alpha value is -2.69. The first kappa shape index (κ1) is 25.0. The van der Waals surface area contributed by atoms with Gasteiger partial charge in [-0.3, -0.25) is 9.36 Å². The number of imidazole rings is 1. The second kappa shape index (κ2) is 9.64. The summed E-state index contributed by atoms with van der Waals surface area (Å²) < 4.78 is 15.7. The summed E-state index contributed by atoms with van der Waals surface area (Å²) in [6.45, 7) is 1.90. The van der Waals surface area contributed by atoms with E-state index >= 15 is 0 Å². The zero-order chi connectivity index (χ0) is 25.6. The van der Waals surface area contributed by atoms with E-state index in [0.717, 1.165) is 12.8 Å². The minimum Gasteiger partial charge on any atom is -0.393 e. The molecule has 5 rings (SSSR count). The number of hydrogen-bond donors (Lipinski definition) is 4. The monoisotopic (exact) mass is 535 g/mol. The molecule has 5 N–H and O–H groups in total. The normalized spacial score (nSPS) is 26.3. The molecular weight excluding hydrogens is 508 g/mol. The minimum atomic E-state index is -0.560. The summed E-state index contributed by atoms with van der Waals surface area (Å²) in [7, 11) is 0. The molecule has 192 valence electrons. The van der Waals surface area contributed by atoms with Crippen LogP contribution in [0.5, 0.6) is 0 Å². The molecule has 1 amide bonds. The van der Waals surface area contributed by atoms with E-state index in [1.54, 1.807) is 6.20 Å². The Morgan fingerprint density at radius 1 is 1.19 bits per heavy atom. The number of anilines is 3. The number of halogens is 3. The SMILES string of the molecule is C[C@]1(C(N)=O)CC[C@@H](n2c(Nc3c(Cl)cc(F)cc3Cl)nc3cnc(N[C@@H]4CC[C@@H](O)C4)nc32)CC1. The predicted molar refractivity (Wildman–Crippen MR) is 137 cm³/mol. The highest BCUT2D eigenvalue weighted by molar-refractivity contribution is 6.39. The van der Waals surface area contributed by atoms with Crippen LogP contribution in [0.4, 0.5) is 22.0 Å². The van der Waals surface area contributed by atoms with Crippen LogP contribution in [0.2, 0.25) is 10.0 Å². The Labute approximate surface area is 217 Å². The lowest BCUT2D eigenvalue weighted by molar-refractivity contribution is -0.128. The molecule has 0 bridgehead atoms. The Balaban J connectivity index is 1.53. The molecule has 0 unspecified atom stereocenters. The summed E-state index contributed by atoms with van der Waals surface area (Å²) in [4.78, 5) is 25.9. The quantitative estimate of drug-likeness (QED) is 0.351. The summed E-state index contributed by atoms with van der Waals surface area (Å²) in [5.41, 5.74) is 6.61. The van der Waals surface area contributed by atoms with Crippen LogP contribution in [-0.4, -0.2) is 42.7 Å². The summed E-state index contributed by atoms with van der Waals surface area (Å²) >= 11 is 12.6. The zero-order valence-corrected chi connectivity index (χ0v) is 21.3. The highest BCUT2D eigenvalue weighted by Gasteiger charge is 2.38. The lowest BCUT2D eigenvalue weighted by Gasteiger charge is -2.35. The van der Waals surface area contributed by atoms with Crippen LogP contribution >= 0.6 is 23.2 Å². The molecule has 0 radical (unpaired) electrons. The van der Waals surface area contributed by atoms with Gasteiger partial charge in [0.1, 0.15) is 11.3 Å². The van der Waals surface area contributed by atoms with E-state index in [1.165, 1.54) is 12.1 Å². The van der Waals surface area contributed by atoms with Crippen molar-refractivity contribution in [3.8, 4) is 0 Å². The van der Waals surface area contributed by atoms with Crippen LogP contribution in [0.25, 0.3) is 11.2 Å². The highest BCUT2D eigenvalue weighted by Crippen LogP contribution is 2.43. The molecule has 9 nitrogen and oxygen atoms in total. The van der Waals surface area contributed by atoms with Gasteiger partial charge in [-0.2, -0.15) is 4.98 Å². The predicted octanol–water partition coefficient (Wildman–Crippen LogP) is 4.95. The molecule has 0 aliphatic heterocycles. The topological polar surface area (TPSA) is 131 Å². The number of benzene rings is 1. The fourth-order valence-electron chi connectivity index (χ4n) is 5.18. The second-order valence-corrected chi connectivity index (χ2v) is 10.9. The second-order valence-electron chi connectivity index (χ2n) is 10.0. The summed E-state index contributed by atoms with van der Waals surface area (Å²) in [6, 6.07) is 2.42. The van der Waals surface area contributed by atoms with Gasteiger partial charge in [-0.25, -0.2) is 14.4 Å². The van der Waals surface area contributed by atoms with E-state index < -0.39 is 11.2 Å². The summed E-state index contributed by atoms with van der Waals surface area (Å²) in [5, 5.41) is 16.6. The van der Waals surface area contributed by atoms with Crippen LogP contribution in [0, 0.1) is 11.2 Å². The molecule has 2 heterocycles. The van der Waals surface area contributed by atoms with Gasteiger partial charge >= 0.3 is 0 Å². The van der Waals surface area contributed by atoms with Crippen LogP contribution in [0.3, 0.4) is 0 Å². The molecule has 2 aromatic heterocycles. The first-order valence-corrected chi connectivity index (χ1v) is 12.8. The van der Waals surface area contributed by atoms with Crippen molar-refractivity contribution in [3.63, 3.8) is 0 Å². The zero-order valence-electron chi connectivity index (χ0n) is 19.8. The van der Waals surface area contributed by atoms with E-state index in [9.17, 15) is 14.3 Å². The maximum Gasteiger partial charge on any atom is 0.224 e. The fourth-order valence-corrected chi connectivity index (χ4v) is 5.74. The standard InChI is InChI=1S/C24H28Cl2FN7O2/c1-24(21(28)36)6-4-14(5-7-24)34-20-18(11-29-22(33-20)30-13-2-3-15(35)10-13)31-23(34)32-19-16(25)8-12(27)9-17(19)26/h8-9,11,13-15,35H,2-7,10H2,1H3,(H2,28,36)(H,31,32)(H,29,30,33)/t13-,14-,15-,24+/m1/s1. The number of carbonyl (C=O) groups is 1. The third-order valence-electron chi connectivity index (χ3n) is 7.43.